The average Bonchev–Trinajstić information content (AvgIpc) is 3.32. The van der Waals surface area contributed by atoms with Crippen LogP contribution in [0.3, 0.4) is 0 Å². The van der Waals surface area contributed by atoms with Crippen LogP contribution in [-0.4, -0.2) is 40.6 Å². The van der Waals surface area contributed by atoms with Gasteiger partial charge in [-0.1, -0.05) is 32.9 Å². The fourth-order valence-corrected chi connectivity index (χ4v) is 3.71. The lowest BCUT2D eigenvalue weighted by atomic mass is 9.80. The monoisotopic (exact) mass is 369 g/mol. The number of amides is 1. The summed E-state index contributed by atoms with van der Waals surface area (Å²) in [4.78, 5) is 20.1. The number of methoxy groups -OCH3 is 1. The first kappa shape index (κ1) is 19.5. The zero-order valence-corrected chi connectivity index (χ0v) is 17.2. The van der Waals surface area contributed by atoms with E-state index in [2.05, 4.69) is 36.5 Å². The first-order chi connectivity index (χ1) is 12.7. The second-order valence-corrected chi connectivity index (χ2v) is 8.74. The molecule has 0 N–H and O–H groups in total. The molecule has 1 aliphatic rings. The van der Waals surface area contributed by atoms with Crippen molar-refractivity contribution >= 4 is 5.91 Å². The van der Waals surface area contributed by atoms with Gasteiger partial charge in [-0.3, -0.25) is 4.79 Å². The van der Waals surface area contributed by atoms with Crippen molar-refractivity contribution < 1.29 is 9.53 Å². The van der Waals surface area contributed by atoms with Gasteiger partial charge < -0.3 is 14.2 Å². The number of carbonyl (C=O) groups is 1. The molecule has 2 heterocycles. The Kier molecular flexibility index (Phi) is 5.31. The van der Waals surface area contributed by atoms with Gasteiger partial charge in [0, 0.05) is 31.2 Å². The Morgan fingerprint density at radius 3 is 2.26 bits per heavy atom. The van der Waals surface area contributed by atoms with Crippen molar-refractivity contribution in [2.45, 2.75) is 57.9 Å². The van der Waals surface area contributed by atoms with Crippen LogP contribution < -0.4 is 4.74 Å². The molecule has 0 radical (unpaired) electrons. The number of benzene rings is 1. The van der Waals surface area contributed by atoms with E-state index in [1.165, 1.54) is 0 Å². The molecule has 1 amide bonds. The van der Waals surface area contributed by atoms with E-state index in [0.29, 0.717) is 6.54 Å². The van der Waals surface area contributed by atoms with Gasteiger partial charge in [0.05, 0.1) is 24.5 Å². The predicted molar refractivity (Wildman–Crippen MR) is 107 cm³/mol. The van der Waals surface area contributed by atoms with Gasteiger partial charge in [-0.15, -0.1) is 0 Å². The zero-order valence-electron chi connectivity index (χ0n) is 17.2. The van der Waals surface area contributed by atoms with Gasteiger partial charge in [0.1, 0.15) is 5.75 Å². The highest BCUT2D eigenvalue weighted by Gasteiger charge is 2.40. The van der Waals surface area contributed by atoms with E-state index in [4.69, 9.17) is 4.74 Å². The highest BCUT2D eigenvalue weighted by atomic mass is 16.5. The second kappa shape index (κ2) is 7.37. The molecule has 5 heteroatoms. The maximum Gasteiger partial charge on any atom is 0.234 e. The molecule has 1 aliphatic heterocycles. The zero-order chi connectivity index (χ0) is 19.7. The summed E-state index contributed by atoms with van der Waals surface area (Å²) < 4.78 is 7.34. The van der Waals surface area contributed by atoms with Crippen molar-refractivity contribution in [2.24, 2.45) is 0 Å². The van der Waals surface area contributed by atoms with E-state index in [1.807, 2.05) is 42.4 Å². The molecule has 2 aromatic rings. The lowest BCUT2D eigenvalue weighted by Gasteiger charge is -2.33. The molecule has 3 rings (SSSR count). The van der Waals surface area contributed by atoms with Crippen LogP contribution in [-0.2, 0) is 22.2 Å². The van der Waals surface area contributed by atoms with Crippen molar-refractivity contribution in [2.75, 3.05) is 20.2 Å². The number of imidazole rings is 1. The van der Waals surface area contributed by atoms with Crippen LogP contribution in [0.15, 0.2) is 36.8 Å². The number of rotatable bonds is 5. The Morgan fingerprint density at radius 2 is 1.74 bits per heavy atom. The van der Waals surface area contributed by atoms with Gasteiger partial charge in [0.25, 0.3) is 0 Å². The number of hydrogen-bond donors (Lipinski definition) is 0. The third-order valence-electron chi connectivity index (χ3n) is 5.49. The molecule has 0 spiro atoms. The van der Waals surface area contributed by atoms with E-state index < -0.39 is 5.41 Å². The molecule has 1 atom stereocenters. The van der Waals surface area contributed by atoms with Crippen LogP contribution in [0, 0.1) is 0 Å². The number of hydrogen-bond acceptors (Lipinski definition) is 3. The number of aromatic nitrogens is 2. The lowest BCUT2D eigenvalue weighted by molar-refractivity contribution is -0.136. The molecule has 1 fully saturated rings. The lowest BCUT2D eigenvalue weighted by Crippen LogP contribution is -2.46. The third kappa shape index (κ3) is 4.02. The van der Waals surface area contributed by atoms with E-state index in [9.17, 15) is 4.79 Å². The normalized spacial score (nSPS) is 17.0. The SMILES string of the molecule is COc1ccc(C(C)(Cn2cnc(C(C)(C)C)c2)C(=O)N2CCCC2)cc1. The average molecular weight is 370 g/mol. The van der Waals surface area contributed by atoms with Gasteiger partial charge in [0.2, 0.25) is 5.91 Å². The summed E-state index contributed by atoms with van der Waals surface area (Å²) in [5.74, 6) is 0.989. The molecule has 27 heavy (non-hydrogen) atoms. The summed E-state index contributed by atoms with van der Waals surface area (Å²) in [7, 11) is 1.66. The highest BCUT2D eigenvalue weighted by molar-refractivity contribution is 5.88. The van der Waals surface area contributed by atoms with Gasteiger partial charge in [-0.25, -0.2) is 4.98 Å². The Labute approximate surface area is 162 Å². The fraction of sp³-hybridized carbons (Fsp3) is 0.545. The molecule has 0 saturated carbocycles. The van der Waals surface area contributed by atoms with Gasteiger partial charge >= 0.3 is 0 Å². The highest BCUT2D eigenvalue weighted by Crippen LogP contribution is 2.32. The van der Waals surface area contributed by atoms with E-state index in [0.717, 1.165) is 42.9 Å². The molecular weight excluding hydrogens is 338 g/mol. The summed E-state index contributed by atoms with van der Waals surface area (Å²) in [6, 6.07) is 7.88. The minimum absolute atomic E-state index is 0.0132. The van der Waals surface area contributed by atoms with Gasteiger partial charge in [-0.2, -0.15) is 0 Å². The number of ether oxygens (including phenoxy) is 1. The minimum atomic E-state index is -0.646. The molecule has 1 aromatic carbocycles. The molecule has 0 bridgehead atoms. The van der Waals surface area contributed by atoms with E-state index in [-0.39, 0.29) is 11.3 Å². The van der Waals surface area contributed by atoms with Crippen molar-refractivity contribution in [3.8, 4) is 5.75 Å². The molecule has 146 valence electrons. The van der Waals surface area contributed by atoms with Crippen molar-refractivity contribution in [1.29, 1.82) is 0 Å². The smallest absolute Gasteiger partial charge is 0.234 e. The Hall–Kier alpha value is -2.30. The first-order valence-electron chi connectivity index (χ1n) is 9.70. The number of likely N-dealkylation sites (tertiary alicyclic amines) is 1. The maximum atomic E-state index is 13.5. The van der Waals surface area contributed by atoms with Crippen LogP contribution in [0.1, 0.15) is 51.8 Å². The Bertz CT molecular complexity index is 783. The summed E-state index contributed by atoms with van der Waals surface area (Å²) in [5, 5.41) is 0. The molecule has 0 aliphatic carbocycles. The number of carbonyl (C=O) groups excluding carboxylic acids is 1. The van der Waals surface area contributed by atoms with Crippen molar-refractivity contribution in [1.82, 2.24) is 14.5 Å². The number of nitrogens with zero attached hydrogens (tertiary/aromatic N) is 3. The largest absolute Gasteiger partial charge is 0.497 e. The van der Waals surface area contributed by atoms with Crippen LogP contribution in [0.4, 0.5) is 0 Å². The summed E-state index contributed by atoms with van der Waals surface area (Å²) in [6.07, 6.45) is 6.09. The fourth-order valence-electron chi connectivity index (χ4n) is 3.71. The topological polar surface area (TPSA) is 47.4 Å². The summed E-state index contributed by atoms with van der Waals surface area (Å²) in [5.41, 5.74) is 1.38. The Balaban J connectivity index is 1.95. The van der Waals surface area contributed by atoms with Gasteiger partial charge in [-0.05, 0) is 37.5 Å². The van der Waals surface area contributed by atoms with Crippen LogP contribution in [0.2, 0.25) is 0 Å². The Morgan fingerprint density at radius 1 is 1.11 bits per heavy atom. The van der Waals surface area contributed by atoms with E-state index in [1.54, 1.807) is 7.11 Å². The van der Waals surface area contributed by atoms with E-state index >= 15 is 0 Å². The van der Waals surface area contributed by atoms with Gasteiger partial charge in [0.15, 0.2) is 0 Å². The maximum absolute atomic E-state index is 13.5. The summed E-state index contributed by atoms with van der Waals surface area (Å²) in [6.45, 7) is 10.8. The molecule has 1 aromatic heterocycles. The van der Waals surface area contributed by atoms with Crippen LogP contribution >= 0.6 is 0 Å². The van der Waals surface area contributed by atoms with Crippen molar-refractivity contribution in [3.05, 3.63) is 48.0 Å². The standard InChI is InChI=1S/C22H31N3O2/c1-21(2,3)19-14-24(16-23-19)15-22(4,20(26)25-12-6-7-13-25)17-8-10-18(27-5)11-9-17/h8-11,14,16H,6-7,12-13,15H2,1-5H3. The first-order valence-corrected chi connectivity index (χ1v) is 9.70. The van der Waals surface area contributed by atoms with Crippen molar-refractivity contribution in [3.63, 3.8) is 0 Å². The molecular formula is C22H31N3O2. The summed E-state index contributed by atoms with van der Waals surface area (Å²) >= 11 is 0. The molecule has 5 nitrogen and oxygen atoms in total. The second-order valence-electron chi connectivity index (χ2n) is 8.74. The quantitative estimate of drug-likeness (QED) is 0.806. The third-order valence-corrected chi connectivity index (χ3v) is 5.49. The van der Waals surface area contributed by atoms with Crippen LogP contribution in [0.25, 0.3) is 0 Å². The predicted octanol–water partition coefficient (Wildman–Crippen LogP) is 3.77. The molecule has 1 unspecified atom stereocenters. The molecule has 1 saturated heterocycles. The minimum Gasteiger partial charge on any atom is -0.497 e. The van der Waals surface area contributed by atoms with Crippen LogP contribution in [0.5, 0.6) is 5.75 Å².